The zero-order valence-electron chi connectivity index (χ0n) is 14.2. The van der Waals surface area contributed by atoms with Crippen LogP contribution in [-0.4, -0.2) is 53.9 Å². The van der Waals surface area contributed by atoms with Gasteiger partial charge in [0.2, 0.25) is 5.95 Å². The van der Waals surface area contributed by atoms with E-state index in [2.05, 4.69) is 39.3 Å². The van der Waals surface area contributed by atoms with E-state index >= 15 is 0 Å². The van der Waals surface area contributed by atoms with E-state index in [1.54, 1.807) is 11.3 Å². The monoisotopic (exact) mass is 342 g/mol. The van der Waals surface area contributed by atoms with Gasteiger partial charge in [0.25, 0.3) is 0 Å². The molecule has 1 saturated heterocycles. The van der Waals surface area contributed by atoms with Crippen LogP contribution in [0, 0.1) is 6.92 Å². The predicted molar refractivity (Wildman–Crippen MR) is 96.2 cm³/mol. The highest BCUT2D eigenvalue weighted by molar-refractivity contribution is 7.10. The average molecular weight is 342 g/mol. The molecule has 3 heterocycles. The molecule has 0 amide bonds. The number of fused-ring (bicyclic) bond motifs is 1. The number of ketones is 1. The normalized spacial score (nSPS) is 21.8. The van der Waals surface area contributed by atoms with Gasteiger partial charge in [-0.2, -0.15) is 0 Å². The lowest BCUT2D eigenvalue weighted by Crippen LogP contribution is -2.45. The highest BCUT2D eigenvalue weighted by Crippen LogP contribution is 2.35. The van der Waals surface area contributed by atoms with E-state index in [4.69, 9.17) is 4.98 Å². The molecule has 126 valence electrons. The summed E-state index contributed by atoms with van der Waals surface area (Å²) in [7, 11) is 2.14. The van der Waals surface area contributed by atoms with E-state index < -0.39 is 0 Å². The first-order valence-corrected chi connectivity index (χ1v) is 9.37. The number of nitrogens with zero attached hydrogens (tertiary/aromatic N) is 4. The summed E-state index contributed by atoms with van der Waals surface area (Å²) in [5.41, 5.74) is 2.54. The minimum absolute atomic E-state index is 0.192. The highest BCUT2D eigenvalue weighted by Gasteiger charge is 2.31. The number of thiophene rings is 1. The molecule has 24 heavy (non-hydrogen) atoms. The van der Waals surface area contributed by atoms with Gasteiger partial charge >= 0.3 is 0 Å². The van der Waals surface area contributed by atoms with Crippen molar-refractivity contribution < 1.29 is 4.79 Å². The van der Waals surface area contributed by atoms with E-state index in [0.717, 1.165) is 55.5 Å². The van der Waals surface area contributed by atoms with Crippen LogP contribution in [0.4, 0.5) is 5.95 Å². The quantitative estimate of drug-likeness (QED) is 0.839. The maximum atomic E-state index is 12.6. The summed E-state index contributed by atoms with van der Waals surface area (Å²) in [6, 6.07) is 4.18. The number of likely N-dealkylation sites (N-methyl/N-ethyl adjacent to an activating group) is 1. The minimum atomic E-state index is 0.192. The van der Waals surface area contributed by atoms with Gasteiger partial charge in [0.1, 0.15) is 0 Å². The number of aryl methyl sites for hydroxylation is 1. The molecule has 0 radical (unpaired) electrons. The molecule has 0 bridgehead atoms. The van der Waals surface area contributed by atoms with Crippen molar-refractivity contribution in [3.05, 3.63) is 39.3 Å². The van der Waals surface area contributed by atoms with Gasteiger partial charge in [0.15, 0.2) is 5.78 Å². The van der Waals surface area contributed by atoms with E-state index in [9.17, 15) is 4.79 Å². The third kappa shape index (κ3) is 2.84. The molecule has 0 unspecified atom stereocenters. The van der Waals surface area contributed by atoms with Gasteiger partial charge in [0.05, 0.1) is 17.0 Å². The molecule has 2 aliphatic rings. The van der Waals surface area contributed by atoms with Crippen LogP contribution in [0.3, 0.4) is 0 Å². The Balaban J connectivity index is 1.66. The molecule has 1 atom stereocenters. The average Bonchev–Trinajstić information content (AvgIpc) is 3.09. The molecule has 1 aliphatic heterocycles. The lowest BCUT2D eigenvalue weighted by molar-refractivity contribution is 0.0962. The first-order valence-electron chi connectivity index (χ1n) is 8.49. The van der Waals surface area contributed by atoms with Crippen molar-refractivity contribution in [3.8, 4) is 0 Å². The van der Waals surface area contributed by atoms with E-state index in [0.29, 0.717) is 6.42 Å². The topological polar surface area (TPSA) is 49.3 Å². The maximum Gasteiger partial charge on any atom is 0.225 e. The van der Waals surface area contributed by atoms with Crippen molar-refractivity contribution in [2.24, 2.45) is 0 Å². The second kappa shape index (κ2) is 6.26. The number of carbonyl (C=O) groups excluding carboxylic acids is 1. The molecule has 0 spiro atoms. The number of rotatable bonds is 2. The van der Waals surface area contributed by atoms with Crippen LogP contribution in [0.1, 0.15) is 39.0 Å². The Morgan fingerprint density at radius 1 is 1.17 bits per heavy atom. The lowest BCUT2D eigenvalue weighted by atomic mass is 9.84. The number of piperazine rings is 1. The zero-order chi connectivity index (χ0) is 16.7. The van der Waals surface area contributed by atoms with Gasteiger partial charge in [-0.05, 0) is 31.8 Å². The summed E-state index contributed by atoms with van der Waals surface area (Å²) in [6.45, 7) is 5.88. The fourth-order valence-electron chi connectivity index (χ4n) is 3.63. The van der Waals surface area contributed by atoms with Crippen LogP contribution < -0.4 is 4.90 Å². The number of aromatic nitrogens is 2. The van der Waals surface area contributed by atoms with Crippen LogP contribution in [-0.2, 0) is 6.42 Å². The van der Waals surface area contributed by atoms with Gasteiger partial charge in [-0.25, -0.2) is 9.97 Å². The summed E-state index contributed by atoms with van der Waals surface area (Å²) in [4.78, 5) is 28.0. The molecular weight excluding hydrogens is 320 g/mol. The first kappa shape index (κ1) is 15.7. The molecule has 1 fully saturated rings. The van der Waals surface area contributed by atoms with Crippen molar-refractivity contribution in [3.63, 3.8) is 0 Å². The van der Waals surface area contributed by atoms with Crippen LogP contribution in [0.25, 0.3) is 0 Å². The molecule has 4 rings (SSSR count). The molecule has 0 N–H and O–H groups in total. The third-order valence-corrected chi connectivity index (χ3v) is 6.07. The van der Waals surface area contributed by atoms with Gasteiger partial charge in [-0.1, -0.05) is 6.07 Å². The van der Waals surface area contributed by atoms with Crippen LogP contribution in [0.2, 0.25) is 0 Å². The molecule has 1 aliphatic carbocycles. The Labute approximate surface area is 146 Å². The van der Waals surface area contributed by atoms with E-state index in [1.165, 1.54) is 4.88 Å². The predicted octanol–water partition coefficient (Wildman–Crippen LogP) is 2.51. The number of Topliss-reactive ketones (excluding diaryl/α,β-unsaturated/α-hetero) is 1. The molecule has 0 saturated carbocycles. The third-order valence-electron chi connectivity index (χ3n) is 5.04. The number of hydrogen-bond donors (Lipinski definition) is 0. The van der Waals surface area contributed by atoms with Gasteiger partial charge in [-0.15, -0.1) is 11.3 Å². The molecule has 2 aromatic heterocycles. The van der Waals surface area contributed by atoms with Crippen molar-refractivity contribution in [1.29, 1.82) is 0 Å². The lowest BCUT2D eigenvalue weighted by Gasteiger charge is -2.33. The van der Waals surface area contributed by atoms with Gasteiger partial charge in [0, 0.05) is 43.4 Å². The van der Waals surface area contributed by atoms with Gasteiger partial charge in [-0.3, -0.25) is 4.79 Å². The largest absolute Gasteiger partial charge is 0.338 e. The molecule has 2 aromatic rings. The maximum absolute atomic E-state index is 12.6. The number of hydrogen-bond acceptors (Lipinski definition) is 6. The molecule has 6 heteroatoms. The Bertz CT molecular complexity index is 751. The summed E-state index contributed by atoms with van der Waals surface area (Å²) in [5.74, 6) is 1.25. The van der Waals surface area contributed by atoms with E-state index in [1.807, 2.05) is 6.92 Å². The zero-order valence-corrected chi connectivity index (χ0v) is 15.0. The van der Waals surface area contributed by atoms with E-state index in [-0.39, 0.29) is 11.7 Å². The summed E-state index contributed by atoms with van der Waals surface area (Å²) >= 11 is 1.73. The molecular formula is C18H22N4OS. The summed E-state index contributed by atoms with van der Waals surface area (Å²) in [5, 5.41) is 2.08. The van der Waals surface area contributed by atoms with Crippen LogP contribution in [0.5, 0.6) is 0 Å². The smallest absolute Gasteiger partial charge is 0.225 e. The Hall–Kier alpha value is -1.79. The second-order valence-electron chi connectivity index (χ2n) is 6.76. The standard InChI is InChI=1S/C18H22N4OS/c1-12-17-14(10-13(11-15(17)23)16-4-3-9-24-16)20-18(19-12)22-7-5-21(2)6-8-22/h3-4,9,13H,5-8,10-11H2,1-2H3/t13-/m0/s1. The van der Waals surface area contributed by atoms with Crippen LogP contribution >= 0.6 is 11.3 Å². The van der Waals surface area contributed by atoms with Gasteiger partial charge < -0.3 is 9.80 Å². The second-order valence-corrected chi connectivity index (χ2v) is 7.74. The fourth-order valence-corrected chi connectivity index (χ4v) is 4.46. The molecule has 0 aromatic carbocycles. The van der Waals surface area contributed by atoms with Crippen molar-refractivity contribution in [2.45, 2.75) is 25.7 Å². The Morgan fingerprint density at radius 3 is 2.67 bits per heavy atom. The van der Waals surface area contributed by atoms with Crippen molar-refractivity contribution in [1.82, 2.24) is 14.9 Å². The van der Waals surface area contributed by atoms with Crippen molar-refractivity contribution >= 4 is 23.1 Å². The Morgan fingerprint density at radius 2 is 1.96 bits per heavy atom. The van der Waals surface area contributed by atoms with Crippen LogP contribution in [0.15, 0.2) is 17.5 Å². The van der Waals surface area contributed by atoms with Crippen molar-refractivity contribution in [2.75, 3.05) is 38.1 Å². The summed E-state index contributed by atoms with van der Waals surface area (Å²) in [6.07, 6.45) is 1.41. The number of anilines is 1. The molecule has 5 nitrogen and oxygen atoms in total. The minimum Gasteiger partial charge on any atom is -0.338 e. The first-order chi connectivity index (χ1) is 11.6. The Kier molecular flexibility index (Phi) is 4.10. The number of carbonyl (C=O) groups is 1. The summed E-state index contributed by atoms with van der Waals surface area (Å²) < 4.78 is 0. The SMILES string of the molecule is Cc1nc(N2CCN(C)CC2)nc2c1C(=O)C[C@@H](c1cccs1)C2. The highest BCUT2D eigenvalue weighted by atomic mass is 32.1. The fraction of sp³-hybridized carbons (Fsp3) is 0.500.